The van der Waals surface area contributed by atoms with Crippen molar-refractivity contribution in [2.45, 2.75) is 52.2 Å². The van der Waals surface area contributed by atoms with E-state index in [-0.39, 0.29) is 48.6 Å². The van der Waals surface area contributed by atoms with E-state index in [1.54, 1.807) is 19.0 Å². The van der Waals surface area contributed by atoms with Gasteiger partial charge in [-0.1, -0.05) is 13.8 Å². The van der Waals surface area contributed by atoms with Gasteiger partial charge in [0.25, 0.3) is 0 Å². The van der Waals surface area contributed by atoms with Gasteiger partial charge in [0.15, 0.2) is 5.96 Å². The Labute approximate surface area is 157 Å². The van der Waals surface area contributed by atoms with E-state index in [2.05, 4.69) is 36.4 Å². The average molecular weight is 440 g/mol. The van der Waals surface area contributed by atoms with E-state index in [9.17, 15) is 4.79 Å². The smallest absolute Gasteiger partial charge is 0.243 e. The van der Waals surface area contributed by atoms with Crippen LogP contribution in [0.2, 0.25) is 0 Å². The molecule has 1 saturated heterocycles. The third-order valence-corrected chi connectivity index (χ3v) is 4.01. The fourth-order valence-electron chi connectivity index (χ4n) is 2.00. The summed E-state index contributed by atoms with van der Waals surface area (Å²) >= 11 is 0. The minimum Gasteiger partial charge on any atom is -0.376 e. The third-order valence-electron chi connectivity index (χ3n) is 4.01. The molecule has 0 saturated carbocycles. The molecular weight excluding hydrogens is 407 g/mol. The zero-order valence-electron chi connectivity index (χ0n) is 15.1. The van der Waals surface area contributed by atoms with Crippen LogP contribution in [0.5, 0.6) is 0 Å². The van der Waals surface area contributed by atoms with Crippen LogP contribution >= 0.6 is 24.0 Å². The monoisotopic (exact) mass is 440 g/mol. The van der Waals surface area contributed by atoms with E-state index in [1.165, 1.54) is 6.42 Å². The first-order valence-electron chi connectivity index (χ1n) is 8.26. The number of carbonyl (C=O) groups excluding carboxylic acids is 1. The summed E-state index contributed by atoms with van der Waals surface area (Å²) in [5, 5.41) is 6.68. The molecule has 0 aromatic carbocycles. The van der Waals surface area contributed by atoms with Gasteiger partial charge in [0.05, 0.1) is 6.10 Å². The number of nitrogens with one attached hydrogen (secondary N) is 2. The van der Waals surface area contributed by atoms with Crippen LogP contribution in [0, 0.1) is 5.92 Å². The van der Waals surface area contributed by atoms with Gasteiger partial charge in [0, 0.05) is 33.3 Å². The molecule has 1 heterocycles. The molecule has 0 aliphatic carbocycles. The van der Waals surface area contributed by atoms with E-state index in [1.807, 2.05) is 0 Å². The SMILES string of the molecule is CC(C)C(C)NC(=NCC(=O)N(C)C)NCC1CCCCO1.I. The highest BCUT2D eigenvalue weighted by molar-refractivity contribution is 14.0. The topological polar surface area (TPSA) is 66.0 Å². The number of ether oxygens (including phenoxy) is 1. The highest BCUT2D eigenvalue weighted by Gasteiger charge is 2.16. The second kappa shape index (κ2) is 11.9. The van der Waals surface area contributed by atoms with Crippen molar-refractivity contribution in [2.24, 2.45) is 10.9 Å². The highest BCUT2D eigenvalue weighted by Crippen LogP contribution is 2.11. The summed E-state index contributed by atoms with van der Waals surface area (Å²) < 4.78 is 5.72. The summed E-state index contributed by atoms with van der Waals surface area (Å²) in [6.45, 7) is 8.15. The second-order valence-electron chi connectivity index (χ2n) is 6.50. The van der Waals surface area contributed by atoms with Crippen molar-refractivity contribution in [1.29, 1.82) is 0 Å². The van der Waals surface area contributed by atoms with Crippen LogP contribution in [0.1, 0.15) is 40.0 Å². The van der Waals surface area contributed by atoms with Crippen LogP contribution in [0.25, 0.3) is 0 Å². The number of likely N-dealkylation sites (N-methyl/N-ethyl adjacent to an activating group) is 1. The zero-order valence-corrected chi connectivity index (χ0v) is 17.4. The lowest BCUT2D eigenvalue weighted by Crippen LogP contribution is -2.47. The number of hydrogen-bond donors (Lipinski definition) is 2. The van der Waals surface area contributed by atoms with Crippen LogP contribution in [0.3, 0.4) is 0 Å². The van der Waals surface area contributed by atoms with Crippen molar-refractivity contribution < 1.29 is 9.53 Å². The van der Waals surface area contributed by atoms with Crippen LogP contribution in [-0.4, -0.2) is 62.7 Å². The average Bonchev–Trinajstić information content (AvgIpc) is 2.50. The molecule has 1 aliphatic heterocycles. The Morgan fingerprint density at radius 2 is 2.00 bits per heavy atom. The third kappa shape index (κ3) is 9.34. The van der Waals surface area contributed by atoms with Crippen LogP contribution in [-0.2, 0) is 9.53 Å². The number of guanidine groups is 1. The molecule has 7 heteroatoms. The van der Waals surface area contributed by atoms with Crippen molar-refractivity contribution in [3.05, 3.63) is 0 Å². The molecule has 0 aromatic heterocycles. The normalized spacial score (nSPS) is 19.7. The van der Waals surface area contributed by atoms with E-state index in [4.69, 9.17) is 4.74 Å². The maximum atomic E-state index is 11.7. The van der Waals surface area contributed by atoms with E-state index in [0.29, 0.717) is 11.9 Å². The summed E-state index contributed by atoms with van der Waals surface area (Å²) in [5.74, 6) is 1.17. The molecule has 6 nitrogen and oxygen atoms in total. The molecule has 1 fully saturated rings. The van der Waals surface area contributed by atoms with Gasteiger partial charge in [-0.05, 0) is 32.1 Å². The molecule has 2 atom stereocenters. The molecule has 136 valence electrons. The Hall–Kier alpha value is -0.570. The Kier molecular flexibility index (Phi) is 11.6. The summed E-state index contributed by atoms with van der Waals surface area (Å²) in [6.07, 6.45) is 3.68. The van der Waals surface area contributed by atoms with Gasteiger partial charge < -0.3 is 20.3 Å². The highest BCUT2D eigenvalue weighted by atomic mass is 127. The Morgan fingerprint density at radius 3 is 2.52 bits per heavy atom. The number of amides is 1. The minimum absolute atomic E-state index is 0. The second-order valence-corrected chi connectivity index (χ2v) is 6.50. The van der Waals surface area contributed by atoms with Gasteiger partial charge in [-0.3, -0.25) is 4.79 Å². The van der Waals surface area contributed by atoms with Crippen LogP contribution in [0.4, 0.5) is 0 Å². The number of halogens is 1. The lowest BCUT2D eigenvalue weighted by molar-refractivity contribution is -0.127. The fraction of sp³-hybridized carbons (Fsp3) is 0.875. The quantitative estimate of drug-likeness (QED) is 0.376. The molecule has 2 unspecified atom stereocenters. The molecule has 1 amide bonds. The Balaban J connectivity index is 0.00000484. The lowest BCUT2D eigenvalue weighted by Gasteiger charge is -2.26. The Morgan fingerprint density at radius 1 is 1.30 bits per heavy atom. The molecule has 1 aliphatic rings. The Bertz CT molecular complexity index is 369. The van der Waals surface area contributed by atoms with Gasteiger partial charge in [0.1, 0.15) is 6.54 Å². The largest absolute Gasteiger partial charge is 0.376 e. The molecule has 2 N–H and O–H groups in total. The van der Waals surface area contributed by atoms with Gasteiger partial charge in [-0.15, -0.1) is 24.0 Å². The van der Waals surface area contributed by atoms with E-state index in [0.717, 1.165) is 26.0 Å². The van der Waals surface area contributed by atoms with Crippen molar-refractivity contribution in [1.82, 2.24) is 15.5 Å². The molecule has 0 spiro atoms. The first-order valence-corrected chi connectivity index (χ1v) is 8.26. The van der Waals surface area contributed by atoms with Crippen LogP contribution < -0.4 is 10.6 Å². The van der Waals surface area contributed by atoms with Crippen molar-refractivity contribution in [3.63, 3.8) is 0 Å². The van der Waals surface area contributed by atoms with Crippen molar-refractivity contribution in [3.8, 4) is 0 Å². The van der Waals surface area contributed by atoms with Crippen molar-refractivity contribution in [2.75, 3.05) is 33.8 Å². The summed E-state index contributed by atoms with van der Waals surface area (Å²) in [7, 11) is 3.48. The van der Waals surface area contributed by atoms with Crippen LogP contribution in [0.15, 0.2) is 4.99 Å². The van der Waals surface area contributed by atoms with E-state index >= 15 is 0 Å². The number of carbonyl (C=O) groups is 1. The first-order chi connectivity index (χ1) is 10.4. The van der Waals surface area contributed by atoms with Gasteiger partial charge in [-0.2, -0.15) is 0 Å². The van der Waals surface area contributed by atoms with Gasteiger partial charge in [-0.25, -0.2) is 4.99 Å². The molecule has 23 heavy (non-hydrogen) atoms. The van der Waals surface area contributed by atoms with Gasteiger partial charge >= 0.3 is 0 Å². The summed E-state index contributed by atoms with van der Waals surface area (Å²) in [5.41, 5.74) is 0. The number of nitrogens with zero attached hydrogens (tertiary/aromatic N) is 2. The number of aliphatic imine (C=N–C) groups is 1. The predicted octanol–water partition coefficient (Wildman–Crippen LogP) is 1.84. The lowest BCUT2D eigenvalue weighted by atomic mass is 10.1. The van der Waals surface area contributed by atoms with E-state index < -0.39 is 0 Å². The first kappa shape index (κ1) is 22.4. The molecule has 0 radical (unpaired) electrons. The van der Waals surface area contributed by atoms with Gasteiger partial charge in [0.2, 0.25) is 5.91 Å². The standard InChI is InChI=1S/C16H32N4O2.HI/c1-12(2)13(3)19-16(18-11-15(21)20(4)5)17-10-14-8-6-7-9-22-14;/h12-14H,6-11H2,1-5H3,(H2,17,18,19);1H. The summed E-state index contributed by atoms with van der Waals surface area (Å²) in [6, 6.07) is 0.285. The summed E-state index contributed by atoms with van der Waals surface area (Å²) in [4.78, 5) is 17.7. The molecule has 0 bridgehead atoms. The fourth-order valence-corrected chi connectivity index (χ4v) is 2.00. The predicted molar refractivity (Wildman–Crippen MR) is 105 cm³/mol. The number of hydrogen-bond acceptors (Lipinski definition) is 3. The van der Waals surface area contributed by atoms with Crippen molar-refractivity contribution >= 4 is 35.8 Å². The number of rotatable bonds is 6. The minimum atomic E-state index is -0.00721. The maximum Gasteiger partial charge on any atom is 0.243 e. The zero-order chi connectivity index (χ0) is 16.5. The maximum absolute atomic E-state index is 11.7. The molecule has 0 aromatic rings. The molecule has 1 rings (SSSR count). The molecular formula is C16H33IN4O2.